The molecule has 84 valence electrons. The Morgan fingerprint density at radius 2 is 2.12 bits per heavy atom. The largest absolute Gasteiger partial charge is 0.286 e. The molecule has 0 fully saturated rings. The maximum Gasteiger partial charge on any atom is 0.223 e. The van der Waals surface area contributed by atoms with Crippen molar-refractivity contribution in [1.82, 2.24) is 9.78 Å². The predicted molar refractivity (Wildman–Crippen MR) is 68.5 cm³/mol. The monoisotopic (exact) mass is 242 g/mol. The van der Waals surface area contributed by atoms with E-state index < -0.39 is 0 Å². The van der Waals surface area contributed by atoms with Crippen LogP contribution in [0.15, 0.2) is 42.6 Å². The van der Waals surface area contributed by atoms with Crippen molar-refractivity contribution in [3.05, 3.63) is 53.2 Å². The van der Waals surface area contributed by atoms with Crippen LogP contribution in [0.25, 0.3) is 10.1 Å². The lowest BCUT2D eigenvalue weighted by Gasteiger charge is -1.90. The van der Waals surface area contributed by atoms with Crippen LogP contribution in [0, 0.1) is 0 Å². The Morgan fingerprint density at radius 1 is 1.29 bits per heavy atom. The van der Waals surface area contributed by atoms with E-state index in [9.17, 15) is 4.79 Å². The highest BCUT2D eigenvalue weighted by atomic mass is 32.1. The number of carbonyl (C=O) groups is 1. The van der Waals surface area contributed by atoms with Gasteiger partial charge in [-0.05, 0) is 23.6 Å². The van der Waals surface area contributed by atoms with Crippen molar-refractivity contribution >= 4 is 27.2 Å². The molecule has 17 heavy (non-hydrogen) atoms. The Hall–Kier alpha value is -1.94. The smallest absolute Gasteiger partial charge is 0.223 e. The molecule has 1 aromatic carbocycles. The van der Waals surface area contributed by atoms with Gasteiger partial charge in [-0.1, -0.05) is 18.2 Å². The van der Waals surface area contributed by atoms with Crippen molar-refractivity contribution in [1.29, 1.82) is 0 Å². The number of rotatable bonds is 2. The number of benzene rings is 1. The molecule has 0 atom stereocenters. The molecule has 3 aromatic rings. The maximum atomic E-state index is 12.2. The minimum atomic E-state index is -0.00759. The summed E-state index contributed by atoms with van der Waals surface area (Å²) in [7, 11) is 1.81. The average molecular weight is 242 g/mol. The molecule has 2 heterocycles. The molecule has 0 spiro atoms. The highest BCUT2D eigenvalue weighted by Gasteiger charge is 2.14. The van der Waals surface area contributed by atoms with Gasteiger partial charge in [0.05, 0.1) is 4.88 Å². The third-order valence-corrected chi connectivity index (χ3v) is 3.71. The summed E-state index contributed by atoms with van der Waals surface area (Å²) in [4.78, 5) is 12.9. The zero-order valence-corrected chi connectivity index (χ0v) is 10.1. The topological polar surface area (TPSA) is 34.9 Å². The van der Waals surface area contributed by atoms with E-state index in [1.807, 2.05) is 37.4 Å². The number of aryl methyl sites for hydroxylation is 1. The second kappa shape index (κ2) is 3.82. The van der Waals surface area contributed by atoms with Crippen molar-refractivity contribution in [2.24, 2.45) is 7.05 Å². The molecular formula is C13H10N2OS. The molecule has 3 rings (SSSR count). The van der Waals surface area contributed by atoms with Crippen LogP contribution in [0.4, 0.5) is 0 Å². The predicted octanol–water partition coefficient (Wildman–Crippen LogP) is 2.87. The van der Waals surface area contributed by atoms with E-state index in [4.69, 9.17) is 0 Å². The van der Waals surface area contributed by atoms with E-state index in [1.165, 1.54) is 11.3 Å². The number of hydrogen-bond donors (Lipinski definition) is 0. The molecule has 0 aliphatic carbocycles. The molecule has 0 radical (unpaired) electrons. The van der Waals surface area contributed by atoms with Gasteiger partial charge >= 0.3 is 0 Å². The molecule has 0 saturated heterocycles. The number of thiophene rings is 1. The fraction of sp³-hybridized carbons (Fsp3) is 0.0769. The molecule has 0 unspecified atom stereocenters. The van der Waals surface area contributed by atoms with Gasteiger partial charge in [-0.25, -0.2) is 0 Å². The molecule has 0 saturated carbocycles. The van der Waals surface area contributed by atoms with Gasteiger partial charge in [0.15, 0.2) is 0 Å². The number of fused-ring (bicyclic) bond motifs is 1. The average Bonchev–Trinajstić information content (AvgIpc) is 2.93. The maximum absolute atomic E-state index is 12.2. The van der Waals surface area contributed by atoms with Crippen LogP contribution < -0.4 is 0 Å². The van der Waals surface area contributed by atoms with Crippen LogP contribution in [0.3, 0.4) is 0 Å². The van der Waals surface area contributed by atoms with Gasteiger partial charge in [0, 0.05) is 17.9 Å². The van der Waals surface area contributed by atoms with Crippen LogP contribution >= 0.6 is 11.3 Å². The fourth-order valence-corrected chi connectivity index (χ4v) is 2.77. The summed E-state index contributed by atoms with van der Waals surface area (Å²) < 4.78 is 2.77. The number of ketones is 1. The van der Waals surface area contributed by atoms with E-state index in [-0.39, 0.29) is 5.78 Å². The lowest BCUT2D eigenvalue weighted by Crippen LogP contribution is -2.00. The highest BCUT2D eigenvalue weighted by Crippen LogP contribution is 2.26. The third-order valence-electron chi connectivity index (χ3n) is 2.60. The quantitative estimate of drug-likeness (QED) is 0.648. The van der Waals surface area contributed by atoms with Gasteiger partial charge in [-0.2, -0.15) is 5.10 Å². The summed E-state index contributed by atoms with van der Waals surface area (Å²) in [6.45, 7) is 0. The molecule has 0 amide bonds. The summed E-state index contributed by atoms with van der Waals surface area (Å²) in [5.41, 5.74) is 0.499. The van der Waals surface area contributed by atoms with Crippen molar-refractivity contribution in [3.8, 4) is 0 Å². The second-order valence-corrected chi connectivity index (χ2v) is 4.94. The first kappa shape index (κ1) is 10.2. The third kappa shape index (κ3) is 1.76. The van der Waals surface area contributed by atoms with Gasteiger partial charge in [0.1, 0.15) is 5.69 Å². The summed E-state index contributed by atoms with van der Waals surface area (Å²) in [5.74, 6) is -0.00759. The molecule has 4 heteroatoms. The molecule has 3 nitrogen and oxygen atoms in total. The summed E-state index contributed by atoms with van der Waals surface area (Å²) >= 11 is 1.51. The lowest BCUT2D eigenvalue weighted by molar-refractivity contribution is 0.103. The van der Waals surface area contributed by atoms with E-state index in [0.29, 0.717) is 5.69 Å². The SMILES string of the molecule is Cn1ccc(C(=O)c2cc3ccccc3s2)n1. The van der Waals surface area contributed by atoms with Gasteiger partial charge < -0.3 is 0 Å². The highest BCUT2D eigenvalue weighted by molar-refractivity contribution is 7.21. The zero-order valence-electron chi connectivity index (χ0n) is 9.25. The Balaban J connectivity index is 2.06. The fourth-order valence-electron chi connectivity index (χ4n) is 1.76. The van der Waals surface area contributed by atoms with E-state index in [2.05, 4.69) is 5.10 Å². The van der Waals surface area contributed by atoms with Gasteiger partial charge in [-0.3, -0.25) is 9.48 Å². The Morgan fingerprint density at radius 3 is 2.82 bits per heavy atom. The number of aromatic nitrogens is 2. The van der Waals surface area contributed by atoms with Gasteiger partial charge in [0.25, 0.3) is 0 Å². The van der Waals surface area contributed by atoms with Crippen molar-refractivity contribution in [2.45, 2.75) is 0 Å². The van der Waals surface area contributed by atoms with Crippen LogP contribution in [0.1, 0.15) is 15.4 Å². The lowest BCUT2D eigenvalue weighted by atomic mass is 10.2. The van der Waals surface area contributed by atoms with Gasteiger partial charge in [0.2, 0.25) is 5.78 Å². The van der Waals surface area contributed by atoms with E-state index in [0.717, 1.165) is 15.0 Å². The molecule has 2 aromatic heterocycles. The van der Waals surface area contributed by atoms with E-state index >= 15 is 0 Å². The Bertz CT molecular complexity index is 663. The molecule has 0 aliphatic rings. The standard InChI is InChI=1S/C13H10N2OS/c1-15-7-6-10(14-15)13(16)12-8-9-4-2-3-5-11(9)17-12/h2-8H,1H3. The molecule has 0 N–H and O–H groups in total. The second-order valence-electron chi connectivity index (χ2n) is 3.85. The summed E-state index contributed by atoms with van der Waals surface area (Å²) in [6.07, 6.45) is 1.78. The number of hydrogen-bond acceptors (Lipinski definition) is 3. The number of carbonyl (C=O) groups excluding carboxylic acids is 1. The molecule has 0 aliphatic heterocycles. The number of nitrogens with zero attached hydrogens (tertiary/aromatic N) is 2. The Kier molecular flexibility index (Phi) is 2.30. The first-order chi connectivity index (χ1) is 8.24. The minimum absolute atomic E-state index is 0.00759. The molecule has 0 bridgehead atoms. The first-order valence-corrected chi connectivity index (χ1v) is 6.08. The van der Waals surface area contributed by atoms with Crippen LogP contribution in [0.2, 0.25) is 0 Å². The van der Waals surface area contributed by atoms with Crippen molar-refractivity contribution in [2.75, 3.05) is 0 Å². The van der Waals surface area contributed by atoms with Crippen molar-refractivity contribution < 1.29 is 4.79 Å². The normalized spacial score (nSPS) is 10.9. The van der Waals surface area contributed by atoms with Crippen LogP contribution in [-0.4, -0.2) is 15.6 Å². The van der Waals surface area contributed by atoms with Crippen LogP contribution in [-0.2, 0) is 7.05 Å². The molecular weight excluding hydrogens is 232 g/mol. The summed E-state index contributed by atoms with van der Waals surface area (Å²) in [6, 6.07) is 11.7. The van der Waals surface area contributed by atoms with Gasteiger partial charge in [-0.15, -0.1) is 11.3 Å². The van der Waals surface area contributed by atoms with E-state index in [1.54, 1.807) is 16.9 Å². The van der Waals surface area contributed by atoms with Crippen LogP contribution in [0.5, 0.6) is 0 Å². The Labute approximate surface area is 102 Å². The first-order valence-electron chi connectivity index (χ1n) is 5.27. The summed E-state index contributed by atoms with van der Waals surface area (Å²) in [5, 5.41) is 5.24. The van der Waals surface area contributed by atoms with Crippen molar-refractivity contribution in [3.63, 3.8) is 0 Å². The minimum Gasteiger partial charge on any atom is -0.286 e. The zero-order chi connectivity index (χ0) is 11.8.